The van der Waals surface area contributed by atoms with E-state index < -0.39 is 18.0 Å². The predicted octanol–water partition coefficient (Wildman–Crippen LogP) is 2.83. The molecular formula is C22H28N2O5. The van der Waals surface area contributed by atoms with E-state index in [-0.39, 0.29) is 30.0 Å². The van der Waals surface area contributed by atoms with Gasteiger partial charge in [0.2, 0.25) is 5.91 Å². The maximum absolute atomic E-state index is 12.9. The number of ketones is 1. The Labute approximate surface area is 170 Å². The quantitative estimate of drug-likeness (QED) is 0.777. The van der Waals surface area contributed by atoms with Gasteiger partial charge >= 0.3 is 0 Å². The maximum atomic E-state index is 12.9. The molecule has 29 heavy (non-hydrogen) atoms. The zero-order chi connectivity index (χ0) is 20.8. The van der Waals surface area contributed by atoms with Crippen LogP contribution in [0.1, 0.15) is 50.1 Å². The van der Waals surface area contributed by atoms with E-state index >= 15 is 0 Å². The molecule has 0 aliphatic carbocycles. The highest BCUT2D eigenvalue weighted by atomic mass is 16.5. The number of Topliss-reactive ketones (excluding diaryl/α,β-unsaturated/α-hetero) is 1. The van der Waals surface area contributed by atoms with Gasteiger partial charge in [0.25, 0.3) is 5.91 Å². The van der Waals surface area contributed by atoms with E-state index in [0.717, 1.165) is 18.2 Å². The fourth-order valence-corrected chi connectivity index (χ4v) is 3.44. The van der Waals surface area contributed by atoms with Gasteiger partial charge < -0.3 is 19.8 Å². The molecule has 7 nitrogen and oxygen atoms in total. The maximum Gasteiger partial charge on any atom is 0.287 e. The van der Waals surface area contributed by atoms with Gasteiger partial charge in [0.05, 0.1) is 6.04 Å². The Bertz CT molecular complexity index is 840. The van der Waals surface area contributed by atoms with Crippen LogP contribution in [0.4, 0.5) is 0 Å². The van der Waals surface area contributed by atoms with Gasteiger partial charge in [-0.2, -0.15) is 0 Å². The van der Waals surface area contributed by atoms with E-state index in [1.165, 1.54) is 0 Å². The topological polar surface area (TPSA) is 97.6 Å². The number of para-hydroxylation sites is 1. The molecule has 0 saturated carbocycles. The third kappa shape index (κ3) is 5.67. The second-order valence-electron chi connectivity index (χ2n) is 7.88. The van der Waals surface area contributed by atoms with Crippen LogP contribution in [0.25, 0.3) is 11.0 Å². The second-order valence-corrected chi connectivity index (χ2v) is 7.88. The molecule has 0 unspecified atom stereocenters. The smallest absolute Gasteiger partial charge is 0.287 e. The molecule has 0 radical (unpaired) electrons. The van der Waals surface area contributed by atoms with Crippen molar-refractivity contribution in [2.75, 3.05) is 13.2 Å². The lowest BCUT2D eigenvalue weighted by molar-refractivity contribution is -0.132. The number of hydrogen-bond donors (Lipinski definition) is 2. The minimum atomic E-state index is -0.755. The number of carbonyl (C=O) groups excluding carboxylic acids is 3. The Kier molecular flexibility index (Phi) is 7.04. The molecule has 1 aromatic heterocycles. The van der Waals surface area contributed by atoms with Gasteiger partial charge in [0, 0.05) is 12.0 Å². The van der Waals surface area contributed by atoms with Gasteiger partial charge in [-0.15, -0.1) is 0 Å². The van der Waals surface area contributed by atoms with Gasteiger partial charge in [-0.1, -0.05) is 32.0 Å². The zero-order valence-corrected chi connectivity index (χ0v) is 16.9. The van der Waals surface area contributed by atoms with Crippen molar-refractivity contribution in [3.63, 3.8) is 0 Å². The zero-order valence-electron chi connectivity index (χ0n) is 16.9. The number of fused-ring (bicyclic) bond motifs is 1. The van der Waals surface area contributed by atoms with E-state index in [1.54, 1.807) is 12.1 Å². The molecule has 156 valence electrons. The summed E-state index contributed by atoms with van der Waals surface area (Å²) in [6.07, 6.45) is 2.70. The van der Waals surface area contributed by atoms with Gasteiger partial charge in [0.1, 0.15) is 18.2 Å². The summed E-state index contributed by atoms with van der Waals surface area (Å²) >= 11 is 0. The third-order valence-corrected chi connectivity index (χ3v) is 4.96. The Balaban J connectivity index is 1.69. The molecule has 3 rings (SSSR count). The first-order valence-corrected chi connectivity index (χ1v) is 10.1. The molecule has 0 bridgehead atoms. The molecule has 1 saturated heterocycles. The van der Waals surface area contributed by atoms with E-state index in [2.05, 4.69) is 10.6 Å². The number of nitrogens with one attached hydrogen (secondary N) is 2. The number of hydrogen-bond acceptors (Lipinski definition) is 5. The Hall–Kier alpha value is -2.67. The van der Waals surface area contributed by atoms with Crippen LogP contribution in [0.2, 0.25) is 0 Å². The van der Waals surface area contributed by atoms with Crippen molar-refractivity contribution in [2.45, 2.75) is 51.6 Å². The number of ether oxygens (including phenoxy) is 1. The molecule has 1 aliphatic rings. The van der Waals surface area contributed by atoms with Crippen LogP contribution in [-0.4, -0.2) is 42.9 Å². The van der Waals surface area contributed by atoms with Crippen LogP contribution in [0.5, 0.6) is 0 Å². The molecule has 7 heteroatoms. The lowest BCUT2D eigenvalue weighted by Gasteiger charge is -2.24. The van der Waals surface area contributed by atoms with Gasteiger partial charge in [-0.05, 0) is 43.7 Å². The fraction of sp³-hybridized carbons (Fsp3) is 0.500. The van der Waals surface area contributed by atoms with Crippen LogP contribution in [-0.2, 0) is 14.3 Å². The third-order valence-electron chi connectivity index (χ3n) is 4.96. The Morgan fingerprint density at radius 2 is 2.00 bits per heavy atom. The number of rotatable bonds is 6. The summed E-state index contributed by atoms with van der Waals surface area (Å²) < 4.78 is 10.9. The molecule has 2 N–H and O–H groups in total. The number of amides is 2. The lowest BCUT2D eigenvalue weighted by atomic mass is 10.0. The van der Waals surface area contributed by atoms with E-state index in [1.807, 2.05) is 32.0 Å². The number of carbonyl (C=O) groups is 3. The van der Waals surface area contributed by atoms with Gasteiger partial charge in [-0.25, -0.2) is 0 Å². The molecule has 1 aliphatic heterocycles. The molecule has 2 aromatic rings. The first kappa shape index (κ1) is 21.0. The minimum Gasteiger partial charge on any atom is -0.451 e. The standard InChI is InChI=1S/C22H28N2O5/c1-14(2)11-17(21(26)23-16-8-5-6-10-28-13-18(16)25)24-22(27)20-12-15-7-3-4-9-19(15)29-20/h3-4,7,9,12,14,16-17H,5-6,8,10-11,13H2,1-2H3,(H,23,26)(H,24,27)/t16-,17-/m0/s1. The first-order chi connectivity index (χ1) is 13.9. The van der Waals surface area contributed by atoms with Crippen LogP contribution in [0.3, 0.4) is 0 Å². The van der Waals surface area contributed by atoms with Crippen molar-refractivity contribution in [1.29, 1.82) is 0 Å². The van der Waals surface area contributed by atoms with Crippen molar-refractivity contribution in [2.24, 2.45) is 5.92 Å². The highest BCUT2D eigenvalue weighted by Crippen LogP contribution is 2.19. The predicted molar refractivity (Wildman–Crippen MR) is 109 cm³/mol. The monoisotopic (exact) mass is 400 g/mol. The molecule has 1 aromatic carbocycles. The normalized spacial score (nSPS) is 18.9. The highest BCUT2D eigenvalue weighted by molar-refractivity contribution is 5.99. The number of furan rings is 1. The molecule has 0 spiro atoms. The van der Waals surface area contributed by atoms with E-state index in [9.17, 15) is 14.4 Å². The number of benzene rings is 1. The van der Waals surface area contributed by atoms with Crippen molar-refractivity contribution in [3.05, 3.63) is 36.1 Å². The summed E-state index contributed by atoms with van der Waals surface area (Å²) in [6, 6.07) is 7.66. The SMILES string of the molecule is CC(C)C[C@H](NC(=O)c1cc2ccccc2o1)C(=O)N[C@H]1CCCCOCC1=O. The molecular weight excluding hydrogens is 372 g/mol. The second kappa shape index (κ2) is 9.69. The van der Waals surface area contributed by atoms with Crippen LogP contribution in [0, 0.1) is 5.92 Å². The van der Waals surface area contributed by atoms with Gasteiger partial charge in [0.15, 0.2) is 11.5 Å². The van der Waals surface area contributed by atoms with Crippen LogP contribution >= 0.6 is 0 Å². The van der Waals surface area contributed by atoms with Gasteiger partial charge in [-0.3, -0.25) is 14.4 Å². The van der Waals surface area contributed by atoms with Crippen molar-refractivity contribution in [3.8, 4) is 0 Å². The lowest BCUT2D eigenvalue weighted by Crippen LogP contribution is -2.52. The average Bonchev–Trinajstić information content (AvgIpc) is 3.11. The van der Waals surface area contributed by atoms with Crippen molar-refractivity contribution < 1.29 is 23.5 Å². The molecule has 2 atom stereocenters. The highest BCUT2D eigenvalue weighted by Gasteiger charge is 2.28. The Morgan fingerprint density at radius 3 is 2.76 bits per heavy atom. The van der Waals surface area contributed by atoms with E-state index in [4.69, 9.17) is 9.15 Å². The first-order valence-electron chi connectivity index (χ1n) is 10.1. The molecule has 2 amide bonds. The average molecular weight is 400 g/mol. The van der Waals surface area contributed by atoms with Crippen LogP contribution < -0.4 is 10.6 Å². The minimum absolute atomic E-state index is 0.00510. The summed E-state index contributed by atoms with van der Waals surface area (Å²) in [5, 5.41) is 6.40. The Morgan fingerprint density at radius 1 is 1.21 bits per heavy atom. The van der Waals surface area contributed by atoms with Crippen LogP contribution in [0.15, 0.2) is 34.7 Å². The molecule has 1 fully saturated rings. The summed E-state index contributed by atoms with van der Waals surface area (Å²) in [6.45, 7) is 4.52. The van der Waals surface area contributed by atoms with Crippen molar-refractivity contribution in [1.82, 2.24) is 10.6 Å². The summed E-state index contributed by atoms with van der Waals surface area (Å²) in [4.78, 5) is 37.8. The van der Waals surface area contributed by atoms with Crippen molar-refractivity contribution >= 4 is 28.6 Å². The summed E-state index contributed by atoms with van der Waals surface area (Å²) in [7, 11) is 0. The summed E-state index contributed by atoms with van der Waals surface area (Å²) in [5.41, 5.74) is 0.614. The summed E-state index contributed by atoms with van der Waals surface area (Å²) in [5.74, 6) is -0.609. The van der Waals surface area contributed by atoms with E-state index in [0.29, 0.717) is 25.0 Å². The fourth-order valence-electron chi connectivity index (χ4n) is 3.44. The largest absolute Gasteiger partial charge is 0.451 e. The molecule has 2 heterocycles.